The van der Waals surface area contributed by atoms with Crippen molar-refractivity contribution in [2.45, 2.75) is 20.8 Å². The number of H-pyrrole nitrogens is 1. The van der Waals surface area contributed by atoms with Gasteiger partial charge in [0.05, 0.1) is 5.69 Å². The lowest BCUT2D eigenvalue weighted by molar-refractivity contribution is 1.18. The Hall–Kier alpha value is -2.35. The van der Waals surface area contributed by atoms with E-state index in [0.29, 0.717) is 0 Å². The lowest BCUT2D eigenvalue weighted by atomic mass is 10.0. The van der Waals surface area contributed by atoms with Gasteiger partial charge in [-0.3, -0.25) is 4.79 Å². The van der Waals surface area contributed by atoms with Gasteiger partial charge < -0.3 is 4.98 Å². The van der Waals surface area contributed by atoms with Crippen LogP contribution in [0.1, 0.15) is 25.6 Å². The van der Waals surface area contributed by atoms with Crippen LogP contribution in [0.5, 0.6) is 0 Å². The van der Waals surface area contributed by atoms with Gasteiger partial charge in [-0.2, -0.15) is 0 Å². The number of hydrogen-bond acceptors (Lipinski definition) is 1. The summed E-state index contributed by atoms with van der Waals surface area (Å²) < 4.78 is 0. The molecule has 0 saturated heterocycles. The molecule has 0 amide bonds. The summed E-state index contributed by atoms with van der Waals surface area (Å²) in [6.45, 7) is 5.85. The number of pyridine rings is 1. The standard InChI is InChI=1S/C17H15NO.CH4/c1-3-7-12-11(4-2)10-15-13-8-5-6-9-14(13)17(19)18-16(12)15;/h3-9H,2,10H2,1H3,(H,18,19);1H4/b7-3-;. The third kappa shape index (κ3) is 1.94. The molecule has 0 radical (unpaired) electrons. The molecule has 2 aromatic rings. The van der Waals surface area contributed by atoms with Crippen LogP contribution in [-0.4, -0.2) is 4.98 Å². The highest BCUT2D eigenvalue weighted by molar-refractivity contribution is 5.94. The van der Waals surface area contributed by atoms with Gasteiger partial charge in [0.25, 0.3) is 5.56 Å². The van der Waals surface area contributed by atoms with Crippen LogP contribution in [-0.2, 0) is 6.42 Å². The van der Waals surface area contributed by atoms with E-state index in [0.717, 1.165) is 28.5 Å². The number of aromatic amines is 1. The first kappa shape index (κ1) is 14.1. The zero-order chi connectivity index (χ0) is 13.4. The van der Waals surface area contributed by atoms with Crippen LogP contribution in [0.2, 0.25) is 0 Å². The van der Waals surface area contributed by atoms with Gasteiger partial charge >= 0.3 is 0 Å². The van der Waals surface area contributed by atoms with E-state index < -0.39 is 0 Å². The van der Waals surface area contributed by atoms with Gasteiger partial charge in [0.1, 0.15) is 0 Å². The highest BCUT2D eigenvalue weighted by Gasteiger charge is 2.21. The highest BCUT2D eigenvalue weighted by Crippen LogP contribution is 2.35. The average Bonchev–Trinajstić information content (AvgIpc) is 2.78. The molecule has 3 rings (SSSR count). The summed E-state index contributed by atoms with van der Waals surface area (Å²) in [5.41, 5.74) is 4.35. The molecule has 102 valence electrons. The SMILES string of the molecule is C.C=CC1=C(/C=C\C)c2[nH]c(=O)c3ccccc3c2C1. The van der Waals surface area contributed by atoms with Crippen molar-refractivity contribution >= 4 is 16.3 Å². The van der Waals surface area contributed by atoms with Crippen LogP contribution >= 0.6 is 0 Å². The number of aromatic nitrogens is 1. The van der Waals surface area contributed by atoms with E-state index in [2.05, 4.69) is 11.6 Å². The summed E-state index contributed by atoms with van der Waals surface area (Å²) >= 11 is 0. The number of rotatable bonds is 2. The minimum absolute atomic E-state index is 0. The van der Waals surface area contributed by atoms with Gasteiger partial charge in [-0.25, -0.2) is 0 Å². The summed E-state index contributed by atoms with van der Waals surface area (Å²) in [6, 6.07) is 7.76. The Morgan fingerprint density at radius 1 is 1.25 bits per heavy atom. The molecule has 2 nitrogen and oxygen atoms in total. The molecule has 0 bridgehead atoms. The van der Waals surface area contributed by atoms with E-state index >= 15 is 0 Å². The normalized spacial score (nSPS) is 13.7. The smallest absolute Gasteiger partial charge is 0.256 e. The Balaban J connectivity index is 0.00000147. The average molecular weight is 265 g/mol. The van der Waals surface area contributed by atoms with E-state index in [1.54, 1.807) is 0 Å². The minimum atomic E-state index is -0.0262. The fraction of sp³-hybridized carbons (Fsp3) is 0.167. The van der Waals surface area contributed by atoms with Gasteiger partial charge in [-0.05, 0) is 29.5 Å². The second-order valence-electron chi connectivity index (χ2n) is 4.67. The molecule has 2 heteroatoms. The van der Waals surface area contributed by atoms with E-state index in [9.17, 15) is 4.79 Å². The molecule has 1 aliphatic carbocycles. The van der Waals surface area contributed by atoms with Crippen LogP contribution in [0.15, 0.2) is 59.4 Å². The lowest BCUT2D eigenvalue weighted by Crippen LogP contribution is -2.10. The van der Waals surface area contributed by atoms with Gasteiger partial charge in [0, 0.05) is 17.4 Å². The van der Waals surface area contributed by atoms with Crippen LogP contribution < -0.4 is 5.56 Å². The predicted octanol–water partition coefficient (Wildman–Crippen LogP) is 4.24. The molecule has 0 unspecified atom stereocenters. The Morgan fingerprint density at radius 2 is 1.95 bits per heavy atom. The number of nitrogens with one attached hydrogen (secondary N) is 1. The lowest BCUT2D eigenvalue weighted by Gasteiger charge is -2.06. The quantitative estimate of drug-likeness (QED) is 0.865. The maximum atomic E-state index is 12.2. The summed E-state index contributed by atoms with van der Waals surface area (Å²) in [7, 11) is 0. The number of allylic oxidation sites excluding steroid dienone is 5. The molecule has 20 heavy (non-hydrogen) atoms. The van der Waals surface area contributed by atoms with Gasteiger partial charge in [0.2, 0.25) is 0 Å². The second kappa shape index (κ2) is 5.33. The van der Waals surface area contributed by atoms with Crippen molar-refractivity contribution in [3.05, 3.63) is 76.3 Å². The molecule has 1 aromatic carbocycles. The molecule has 0 atom stereocenters. The van der Waals surface area contributed by atoms with Crippen molar-refractivity contribution in [3.63, 3.8) is 0 Å². The second-order valence-corrected chi connectivity index (χ2v) is 4.67. The van der Waals surface area contributed by atoms with E-state index in [1.807, 2.05) is 49.4 Å². The Morgan fingerprint density at radius 3 is 2.60 bits per heavy atom. The Labute approximate surface area is 119 Å². The van der Waals surface area contributed by atoms with Crippen molar-refractivity contribution in [1.82, 2.24) is 4.98 Å². The van der Waals surface area contributed by atoms with Gasteiger partial charge in [-0.15, -0.1) is 0 Å². The fourth-order valence-corrected chi connectivity index (χ4v) is 2.73. The maximum absolute atomic E-state index is 12.2. The Kier molecular flexibility index (Phi) is 3.75. The van der Waals surface area contributed by atoms with Crippen molar-refractivity contribution in [2.24, 2.45) is 0 Å². The molecule has 0 spiro atoms. The third-order valence-electron chi connectivity index (χ3n) is 3.60. The summed E-state index contributed by atoms with van der Waals surface area (Å²) in [5.74, 6) is 0. The zero-order valence-electron chi connectivity index (χ0n) is 10.9. The van der Waals surface area contributed by atoms with Gasteiger partial charge in [0.15, 0.2) is 0 Å². The van der Waals surface area contributed by atoms with E-state index in [4.69, 9.17) is 0 Å². The summed E-state index contributed by atoms with van der Waals surface area (Å²) in [4.78, 5) is 15.2. The molecule has 1 heterocycles. The zero-order valence-corrected chi connectivity index (χ0v) is 10.9. The predicted molar refractivity (Wildman–Crippen MR) is 86.9 cm³/mol. The van der Waals surface area contributed by atoms with E-state index in [1.165, 1.54) is 11.1 Å². The van der Waals surface area contributed by atoms with Crippen LogP contribution in [0.25, 0.3) is 16.3 Å². The molecular weight excluding hydrogens is 246 g/mol. The molecule has 1 N–H and O–H groups in total. The van der Waals surface area contributed by atoms with Crippen LogP contribution in [0.3, 0.4) is 0 Å². The molecule has 0 aliphatic heterocycles. The largest absolute Gasteiger partial charge is 0.321 e. The summed E-state index contributed by atoms with van der Waals surface area (Å²) in [6.07, 6.45) is 6.73. The first-order valence-electron chi connectivity index (χ1n) is 6.38. The van der Waals surface area contributed by atoms with Crippen molar-refractivity contribution in [1.29, 1.82) is 0 Å². The van der Waals surface area contributed by atoms with Crippen molar-refractivity contribution < 1.29 is 0 Å². The third-order valence-corrected chi connectivity index (χ3v) is 3.60. The van der Waals surface area contributed by atoms with Crippen LogP contribution in [0, 0.1) is 0 Å². The molecule has 0 fully saturated rings. The van der Waals surface area contributed by atoms with Crippen LogP contribution in [0.4, 0.5) is 0 Å². The van der Waals surface area contributed by atoms with Crippen molar-refractivity contribution in [2.75, 3.05) is 0 Å². The highest BCUT2D eigenvalue weighted by atomic mass is 16.1. The minimum Gasteiger partial charge on any atom is -0.321 e. The van der Waals surface area contributed by atoms with E-state index in [-0.39, 0.29) is 13.0 Å². The number of fused-ring (bicyclic) bond motifs is 3. The van der Waals surface area contributed by atoms with Gasteiger partial charge in [-0.1, -0.05) is 50.4 Å². The molecular formula is C18H19NO. The molecule has 1 aromatic heterocycles. The molecule has 1 aliphatic rings. The summed E-state index contributed by atoms with van der Waals surface area (Å²) in [5, 5.41) is 1.80. The first-order valence-corrected chi connectivity index (χ1v) is 6.38. The number of hydrogen-bond donors (Lipinski definition) is 1. The topological polar surface area (TPSA) is 32.9 Å². The van der Waals surface area contributed by atoms with Crippen molar-refractivity contribution in [3.8, 4) is 0 Å². The Bertz CT molecular complexity index is 791. The maximum Gasteiger partial charge on any atom is 0.256 e. The first-order chi connectivity index (χ1) is 9.26. The number of benzene rings is 1. The fourth-order valence-electron chi connectivity index (χ4n) is 2.73. The molecule has 0 saturated carbocycles. The monoisotopic (exact) mass is 265 g/mol.